The second-order valence-corrected chi connectivity index (χ2v) is 6.36. The van der Waals surface area contributed by atoms with Gasteiger partial charge >= 0.3 is 0 Å². The van der Waals surface area contributed by atoms with Gasteiger partial charge in [0.2, 0.25) is 0 Å². The summed E-state index contributed by atoms with van der Waals surface area (Å²) in [5, 5.41) is 0. The lowest BCUT2D eigenvalue weighted by Gasteiger charge is -2.33. The van der Waals surface area contributed by atoms with Gasteiger partial charge in [0.25, 0.3) is 0 Å². The van der Waals surface area contributed by atoms with Crippen LogP contribution in [0.4, 0.5) is 11.6 Å². The SMILES string of the molecule is Nc1cc(N2CCC[C@@H](c3nccn3Cc3ccncc3)C2)ncn1. The van der Waals surface area contributed by atoms with Crippen LogP contribution in [0.1, 0.15) is 30.1 Å². The summed E-state index contributed by atoms with van der Waals surface area (Å²) >= 11 is 0. The lowest BCUT2D eigenvalue weighted by molar-refractivity contribution is 0.474. The largest absolute Gasteiger partial charge is 0.384 e. The lowest BCUT2D eigenvalue weighted by Crippen LogP contribution is -2.36. The number of pyridine rings is 1. The predicted molar refractivity (Wildman–Crippen MR) is 96.2 cm³/mol. The quantitative estimate of drug-likeness (QED) is 0.786. The second kappa shape index (κ2) is 6.88. The van der Waals surface area contributed by atoms with Gasteiger partial charge in [-0.3, -0.25) is 4.98 Å². The number of aromatic nitrogens is 5. The van der Waals surface area contributed by atoms with Crippen molar-refractivity contribution in [2.75, 3.05) is 23.7 Å². The fourth-order valence-corrected chi connectivity index (χ4v) is 3.43. The predicted octanol–water partition coefficient (Wildman–Crippen LogP) is 2.08. The van der Waals surface area contributed by atoms with Crippen molar-refractivity contribution in [3.8, 4) is 0 Å². The zero-order valence-electron chi connectivity index (χ0n) is 14.0. The molecule has 1 aliphatic heterocycles. The highest BCUT2D eigenvalue weighted by molar-refractivity contribution is 5.46. The van der Waals surface area contributed by atoms with Crippen LogP contribution < -0.4 is 10.6 Å². The van der Waals surface area contributed by atoms with E-state index in [2.05, 4.69) is 35.6 Å². The smallest absolute Gasteiger partial charge is 0.134 e. The van der Waals surface area contributed by atoms with E-state index in [0.717, 1.165) is 44.1 Å². The Morgan fingerprint density at radius 2 is 2.00 bits per heavy atom. The van der Waals surface area contributed by atoms with Gasteiger partial charge in [0.15, 0.2) is 0 Å². The number of imidazole rings is 1. The molecule has 25 heavy (non-hydrogen) atoms. The molecular formula is C18H21N7. The Hall–Kier alpha value is -2.96. The van der Waals surface area contributed by atoms with Crippen LogP contribution in [0.2, 0.25) is 0 Å². The number of piperidine rings is 1. The summed E-state index contributed by atoms with van der Waals surface area (Å²) in [4.78, 5) is 19.4. The summed E-state index contributed by atoms with van der Waals surface area (Å²) in [6, 6.07) is 5.92. The molecular weight excluding hydrogens is 314 g/mol. The summed E-state index contributed by atoms with van der Waals surface area (Å²) in [6.07, 6.45) is 11.4. The Kier molecular flexibility index (Phi) is 4.28. The van der Waals surface area contributed by atoms with Crippen LogP contribution in [-0.2, 0) is 6.54 Å². The van der Waals surface area contributed by atoms with Gasteiger partial charge in [-0.25, -0.2) is 15.0 Å². The Labute approximate surface area is 146 Å². The van der Waals surface area contributed by atoms with Crippen LogP contribution in [-0.4, -0.2) is 37.6 Å². The first-order chi connectivity index (χ1) is 12.3. The normalized spacial score (nSPS) is 17.6. The van der Waals surface area contributed by atoms with Gasteiger partial charge < -0.3 is 15.2 Å². The number of hydrogen-bond acceptors (Lipinski definition) is 6. The van der Waals surface area contributed by atoms with E-state index in [4.69, 9.17) is 5.73 Å². The lowest BCUT2D eigenvalue weighted by atomic mass is 9.97. The summed E-state index contributed by atoms with van der Waals surface area (Å²) in [7, 11) is 0. The molecule has 1 saturated heterocycles. The standard InChI is InChI=1S/C18H21N7/c19-16-10-17(23-13-22-16)24-8-1-2-15(12-24)18-21-7-9-25(18)11-14-3-5-20-6-4-14/h3-7,9-10,13,15H,1-2,8,11-12H2,(H2,19,22,23)/t15-/m1/s1. The summed E-state index contributed by atoms with van der Waals surface area (Å²) in [5.41, 5.74) is 7.03. The van der Waals surface area contributed by atoms with E-state index < -0.39 is 0 Å². The summed E-state index contributed by atoms with van der Waals surface area (Å²) < 4.78 is 2.23. The molecule has 0 spiro atoms. The van der Waals surface area contributed by atoms with Gasteiger partial charge in [-0.1, -0.05) is 0 Å². The van der Waals surface area contributed by atoms with Crippen LogP contribution in [0.5, 0.6) is 0 Å². The molecule has 3 aromatic rings. The van der Waals surface area contributed by atoms with E-state index in [1.165, 1.54) is 11.9 Å². The van der Waals surface area contributed by atoms with Crippen LogP contribution in [0.15, 0.2) is 49.3 Å². The van der Waals surface area contributed by atoms with Gasteiger partial charge in [0.1, 0.15) is 23.8 Å². The first-order valence-electron chi connectivity index (χ1n) is 8.52. The maximum absolute atomic E-state index is 5.81. The van der Waals surface area contributed by atoms with Gasteiger partial charge in [0.05, 0.1) is 0 Å². The molecule has 7 heteroatoms. The molecule has 0 amide bonds. The van der Waals surface area contributed by atoms with Crippen molar-refractivity contribution in [2.45, 2.75) is 25.3 Å². The van der Waals surface area contributed by atoms with Crippen molar-refractivity contribution in [2.24, 2.45) is 0 Å². The molecule has 4 rings (SSSR count). The first kappa shape index (κ1) is 15.6. The van der Waals surface area contributed by atoms with E-state index >= 15 is 0 Å². The molecule has 2 N–H and O–H groups in total. The number of hydrogen-bond donors (Lipinski definition) is 1. The number of nitrogens with two attached hydrogens (primary N) is 1. The average Bonchev–Trinajstić information content (AvgIpc) is 3.11. The van der Waals surface area contributed by atoms with Crippen molar-refractivity contribution < 1.29 is 0 Å². The molecule has 0 aliphatic carbocycles. The van der Waals surface area contributed by atoms with Crippen molar-refractivity contribution in [1.82, 2.24) is 24.5 Å². The maximum Gasteiger partial charge on any atom is 0.134 e. The highest BCUT2D eigenvalue weighted by Crippen LogP contribution is 2.29. The Morgan fingerprint density at radius 1 is 1.12 bits per heavy atom. The van der Waals surface area contributed by atoms with Crippen molar-refractivity contribution >= 4 is 11.6 Å². The zero-order valence-corrected chi connectivity index (χ0v) is 14.0. The van der Waals surface area contributed by atoms with Gasteiger partial charge in [0, 0.05) is 56.4 Å². The van der Waals surface area contributed by atoms with E-state index in [-0.39, 0.29) is 0 Å². The highest BCUT2D eigenvalue weighted by atomic mass is 15.2. The fraction of sp³-hybridized carbons (Fsp3) is 0.333. The van der Waals surface area contributed by atoms with Gasteiger partial charge in [-0.05, 0) is 30.5 Å². The minimum atomic E-state index is 0.377. The third-order valence-corrected chi connectivity index (χ3v) is 4.63. The highest BCUT2D eigenvalue weighted by Gasteiger charge is 2.25. The van der Waals surface area contributed by atoms with Crippen molar-refractivity contribution in [3.63, 3.8) is 0 Å². The van der Waals surface area contributed by atoms with E-state index in [0.29, 0.717) is 11.7 Å². The number of nitrogens with zero attached hydrogens (tertiary/aromatic N) is 6. The Bertz CT molecular complexity index is 830. The number of anilines is 2. The third-order valence-electron chi connectivity index (χ3n) is 4.63. The molecule has 0 bridgehead atoms. The number of rotatable bonds is 4. The Morgan fingerprint density at radius 3 is 2.84 bits per heavy atom. The van der Waals surface area contributed by atoms with Crippen molar-refractivity contribution in [1.29, 1.82) is 0 Å². The molecule has 7 nitrogen and oxygen atoms in total. The van der Waals surface area contributed by atoms with Gasteiger partial charge in [-0.15, -0.1) is 0 Å². The average molecular weight is 335 g/mol. The van der Waals surface area contributed by atoms with Crippen LogP contribution in [0.25, 0.3) is 0 Å². The topological polar surface area (TPSA) is 85.8 Å². The van der Waals surface area contributed by atoms with Crippen molar-refractivity contribution in [3.05, 3.63) is 60.7 Å². The molecule has 0 saturated carbocycles. The molecule has 0 unspecified atom stereocenters. The molecule has 1 aliphatic rings. The minimum Gasteiger partial charge on any atom is -0.384 e. The second-order valence-electron chi connectivity index (χ2n) is 6.36. The Balaban J connectivity index is 1.53. The van der Waals surface area contributed by atoms with E-state index in [9.17, 15) is 0 Å². The van der Waals surface area contributed by atoms with Crippen LogP contribution in [0, 0.1) is 0 Å². The van der Waals surface area contributed by atoms with Crippen LogP contribution in [0.3, 0.4) is 0 Å². The molecule has 128 valence electrons. The van der Waals surface area contributed by atoms with Gasteiger partial charge in [-0.2, -0.15) is 0 Å². The van der Waals surface area contributed by atoms with Crippen LogP contribution >= 0.6 is 0 Å². The number of nitrogen functional groups attached to an aromatic ring is 1. The first-order valence-corrected chi connectivity index (χ1v) is 8.52. The van der Waals surface area contributed by atoms with E-state index in [1.54, 1.807) is 0 Å². The van der Waals surface area contributed by atoms with E-state index in [1.807, 2.05) is 36.8 Å². The monoisotopic (exact) mass is 335 g/mol. The molecule has 1 atom stereocenters. The summed E-state index contributed by atoms with van der Waals surface area (Å²) in [5.74, 6) is 2.90. The molecule has 4 heterocycles. The fourth-order valence-electron chi connectivity index (χ4n) is 3.43. The third kappa shape index (κ3) is 3.45. The summed E-state index contributed by atoms with van der Waals surface area (Å²) in [6.45, 7) is 2.69. The molecule has 0 radical (unpaired) electrons. The molecule has 3 aromatic heterocycles. The molecule has 0 aromatic carbocycles. The zero-order chi connectivity index (χ0) is 17.1. The minimum absolute atomic E-state index is 0.377. The molecule has 1 fully saturated rings. The maximum atomic E-state index is 5.81.